The standard InChI is InChI=1S/C23H24ClN5O2/c24-19-8-5-17(6-9-19)23(30)29-13-11-28(12-14-29)20-10-7-18(15-25-20)21-26-22(31-27-21)16-3-1-2-4-16/h5-10,15-16H,1-4,11-14H2. The van der Waals surface area contributed by atoms with Crippen LogP contribution in [-0.4, -0.2) is 52.1 Å². The number of rotatable bonds is 4. The lowest BCUT2D eigenvalue weighted by molar-refractivity contribution is 0.0746. The molecule has 2 aliphatic rings. The SMILES string of the molecule is O=C(c1ccc(Cl)cc1)N1CCN(c2ccc(-c3noc(C4CCCC4)n3)cn2)CC1. The molecule has 160 valence electrons. The van der Waals surface area contributed by atoms with E-state index in [-0.39, 0.29) is 5.91 Å². The second-order valence-electron chi connectivity index (χ2n) is 8.13. The number of carbonyl (C=O) groups is 1. The molecule has 5 rings (SSSR count). The zero-order valence-corrected chi connectivity index (χ0v) is 18.0. The third-order valence-electron chi connectivity index (χ3n) is 6.13. The van der Waals surface area contributed by atoms with E-state index in [1.165, 1.54) is 12.8 Å². The predicted molar refractivity (Wildman–Crippen MR) is 118 cm³/mol. The molecule has 0 N–H and O–H groups in total. The molecule has 0 atom stereocenters. The molecule has 3 aromatic rings. The Kier molecular flexibility index (Phi) is 5.59. The van der Waals surface area contributed by atoms with Gasteiger partial charge in [0.15, 0.2) is 0 Å². The van der Waals surface area contributed by atoms with E-state index in [9.17, 15) is 4.79 Å². The molecule has 1 aliphatic heterocycles. The van der Waals surface area contributed by atoms with Crippen LogP contribution in [0.2, 0.25) is 5.02 Å². The summed E-state index contributed by atoms with van der Waals surface area (Å²) in [5.74, 6) is 2.68. The lowest BCUT2D eigenvalue weighted by Crippen LogP contribution is -2.49. The number of halogens is 1. The number of pyridine rings is 1. The summed E-state index contributed by atoms with van der Waals surface area (Å²) in [6.07, 6.45) is 6.52. The third-order valence-corrected chi connectivity index (χ3v) is 6.39. The van der Waals surface area contributed by atoms with Gasteiger partial charge in [0.05, 0.1) is 0 Å². The molecule has 0 unspecified atom stereocenters. The molecule has 0 bridgehead atoms. The van der Waals surface area contributed by atoms with Crippen molar-refractivity contribution in [1.82, 2.24) is 20.0 Å². The first-order valence-electron chi connectivity index (χ1n) is 10.8. The van der Waals surface area contributed by atoms with Gasteiger partial charge in [-0.05, 0) is 49.2 Å². The fourth-order valence-electron chi connectivity index (χ4n) is 4.31. The van der Waals surface area contributed by atoms with Crippen molar-refractivity contribution in [2.45, 2.75) is 31.6 Å². The summed E-state index contributed by atoms with van der Waals surface area (Å²) < 4.78 is 5.48. The predicted octanol–water partition coefficient (Wildman–Crippen LogP) is 4.41. The Balaban J connectivity index is 1.20. The highest BCUT2D eigenvalue weighted by Gasteiger charge is 2.25. The largest absolute Gasteiger partial charge is 0.353 e. The van der Waals surface area contributed by atoms with Crippen LogP contribution >= 0.6 is 11.6 Å². The molecule has 1 aliphatic carbocycles. The summed E-state index contributed by atoms with van der Waals surface area (Å²) >= 11 is 5.92. The monoisotopic (exact) mass is 437 g/mol. The van der Waals surface area contributed by atoms with Crippen molar-refractivity contribution >= 4 is 23.3 Å². The second kappa shape index (κ2) is 8.67. The lowest BCUT2D eigenvalue weighted by Gasteiger charge is -2.35. The Morgan fingerprint density at radius 3 is 2.42 bits per heavy atom. The minimum Gasteiger partial charge on any atom is -0.353 e. The Labute approximate surface area is 186 Å². The Bertz CT molecular complexity index is 1040. The first-order chi connectivity index (χ1) is 15.2. The van der Waals surface area contributed by atoms with Gasteiger partial charge in [0.25, 0.3) is 5.91 Å². The van der Waals surface area contributed by atoms with Crippen molar-refractivity contribution in [3.05, 3.63) is 59.1 Å². The Morgan fingerprint density at radius 1 is 1.00 bits per heavy atom. The molecule has 3 heterocycles. The lowest BCUT2D eigenvalue weighted by atomic mass is 10.1. The van der Waals surface area contributed by atoms with E-state index in [1.54, 1.807) is 30.5 Å². The van der Waals surface area contributed by atoms with Gasteiger partial charge >= 0.3 is 0 Å². The van der Waals surface area contributed by atoms with Crippen LogP contribution in [0.15, 0.2) is 47.1 Å². The molecule has 1 saturated heterocycles. The molecule has 31 heavy (non-hydrogen) atoms. The fourth-order valence-corrected chi connectivity index (χ4v) is 4.44. The molecule has 2 aromatic heterocycles. The molecule has 0 spiro atoms. The highest BCUT2D eigenvalue weighted by atomic mass is 35.5. The normalized spacial score (nSPS) is 17.3. The molecular formula is C23H24ClN5O2. The summed E-state index contributed by atoms with van der Waals surface area (Å²) in [5, 5.41) is 4.78. The summed E-state index contributed by atoms with van der Waals surface area (Å²) in [5.41, 5.74) is 1.52. The maximum absolute atomic E-state index is 12.7. The van der Waals surface area contributed by atoms with Gasteiger partial charge in [0.2, 0.25) is 11.7 Å². The zero-order valence-electron chi connectivity index (χ0n) is 17.2. The van der Waals surface area contributed by atoms with Gasteiger partial charge in [-0.3, -0.25) is 4.79 Å². The topological polar surface area (TPSA) is 75.4 Å². The maximum atomic E-state index is 12.7. The maximum Gasteiger partial charge on any atom is 0.253 e. The minimum atomic E-state index is 0.0368. The average molecular weight is 438 g/mol. The highest BCUT2D eigenvalue weighted by Crippen LogP contribution is 2.34. The molecule has 1 amide bonds. The van der Waals surface area contributed by atoms with Crippen molar-refractivity contribution in [3.63, 3.8) is 0 Å². The van der Waals surface area contributed by atoms with E-state index in [0.29, 0.717) is 35.4 Å². The first-order valence-corrected chi connectivity index (χ1v) is 11.1. The molecule has 1 saturated carbocycles. The van der Waals surface area contributed by atoms with Crippen LogP contribution in [0.1, 0.15) is 47.8 Å². The third kappa shape index (κ3) is 4.28. The van der Waals surface area contributed by atoms with Crippen LogP contribution in [-0.2, 0) is 0 Å². The number of benzene rings is 1. The summed E-state index contributed by atoms with van der Waals surface area (Å²) in [6.45, 7) is 2.78. The number of piperazine rings is 1. The minimum absolute atomic E-state index is 0.0368. The van der Waals surface area contributed by atoms with Gasteiger partial charge in [-0.2, -0.15) is 4.98 Å². The number of anilines is 1. The van der Waals surface area contributed by atoms with Gasteiger partial charge in [0, 0.05) is 54.4 Å². The van der Waals surface area contributed by atoms with E-state index in [4.69, 9.17) is 16.1 Å². The first kappa shape index (κ1) is 20.0. The number of aromatic nitrogens is 3. The second-order valence-corrected chi connectivity index (χ2v) is 8.57. The number of nitrogens with zero attached hydrogens (tertiary/aromatic N) is 5. The molecule has 0 radical (unpaired) electrons. The fraction of sp³-hybridized carbons (Fsp3) is 0.391. The van der Waals surface area contributed by atoms with Crippen LogP contribution in [0.25, 0.3) is 11.4 Å². The van der Waals surface area contributed by atoms with Crippen LogP contribution in [0, 0.1) is 0 Å². The summed E-state index contributed by atoms with van der Waals surface area (Å²) in [6, 6.07) is 11.0. The van der Waals surface area contributed by atoms with Gasteiger partial charge in [-0.15, -0.1) is 0 Å². The van der Waals surface area contributed by atoms with Crippen molar-refractivity contribution in [1.29, 1.82) is 0 Å². The van der Waals surface area contributed by atoms with E-state index in [2.05, 4.69) is 20.0 Å². The Morgan fingerprint density at radius 2 is 1.74 bits per heavy atom. The van der Waals surface area contributed by atoms with E-state index >= 15 is 0 Å². The molecule has 2 fully saturated rings. The quantitative estimate of drug-likeness (QED) is 0.602. The highest BCUT2D eigenvalue weighted by molar-refractivity contribution is 6.30. The Hall–Kier alpha value is -2.93. The number of carbonyl (C=O) groups excluding carboxylic acids is 1. The van der Waals surface area contributed by atoms with Crippen molar-refractivity contribution in [2.75, 3.05) is 31.1 Å². The van der Waals surface area contributed by atoms with E-state index < -0.39 is 0 Å². The van der Waals surface area contributed by atoms with Crippen molar-refractivity contribution in [2.24, 2.45) is 0 Å². The zero-order chi connectivity index (χ0) is 21.2. The van der Waals surface area contributed by atoms with Crippen LogP contribution in [0.3, 0.4) is 0 Å². The average Bonchev–Trinajstić information content (AvgIpc) is 3.52. The van der Waals surface area contributed by atoms with Crippen LogP contribution < -0.4 is 4.90 Å². The molecular weight excluding hydrogens is 414 g/mol. The van der Waals surface area contributed by atoms with Gasteiger partial charge in [0.1, 0.15) is 5.82 Å². The van der Waals surface area contributed by atoms with Crippen molar-refractivity contribution in [3.8, 4) is 11.4 Å². The van der Waals surface area contributed by atoms with Gasteiger partial charge < -0.3 is 14.3 Å². The van der Waals surface area contributed by atoms with Gasteiger partial charge in [-0.25, -0.2) is 4.98 Å². The van der Waals surface area contributed by atoms with E-state index in [1.807, 2.05) is 17.0 Å². The van der Waals surface area contributed by atoms with Crippen LogP contribution in [0.4, 0.5) is 5.82 Å². The van der Waals surface area contributed by atoms with Crippen LogP contribution in [0.5, 0.6) is 0 Å². The molecule has 8 heteroatoms. The van der Waals surface area contributed by atoms with Gasteiger partial charge in [-0.1, -0.05) is 29.6 Å². The number of amides is 1. The summed E-state index contributed by atoms with van der Waals surface area (Å²) in [7, 11) is 0. The smallest absolute Gasteiger partial charge is 0.253 e. The summed E-state index contributed by atoms with van der Waals surface area (Å²) in [4.78, 5) is 25.9. The number of hydrogen-bond acceptors (Lipinski definition) is 6. The number of hydrogen-bond donors (Lipinski definition) is 0. The van der Waals surface area contributed by atoms with E-state index in [0.717, 1.165) is 43.2 Å². The molecule has 1 aromatic carbocycles. The molecule has 7 nitrogen and oxygen atoms in total. The van der Waals surface area contributed by atoms with Crippen molar-refractivity contribution < 1.29 is 9.32 Å².